The molecule has 152 valence electrons. The molecule has 0 saturated carbocycles. The van der Waals surface area contributed by atoms with E-state index in [0.29, 0.717) is 29.7 Å². The van der Waals surface area contributed by atoms with Crippen LogP contribution in [0.3, 0.4) is 0 Å². The minimum Gasteiger partial charge on any atom is -0.447 e. The standard InChI is InChI=1S/C23H26ClN3O2/c1-3-17(2)25-23(28)21-16-29-22(26-21)15-27(13-18-8-5-4-6-9-18)14-19-10-7-11-20(24)12-19/h4-12,16-17H,3,13-15H2,1-2H3,(H,25,28)/t17-/m1/s1. The lowest BCUT2D eigenvalue weighted by Gasteiger charge is -2.21. The van der Waals surface area contributed by atoms with E-state index in [2.05, 4.69) is 27.3 Å². The first-order chi connectivity index (χ1) is 14.0. The van der Waals surface area contributed by atoms with Crippen molar-refractivity contribution in [1.29, 1.82) is 0 Å². The largest absolute Gasteiger partial charge is 0.447 e. The Morgan fingerprint density at radius 2 is 1.83 bits per heavy atom. The molecule has 0 aliphatic heterocycles. The zero-order valence-electron chi connectivity index (χ0n) is 16.8. The minimum atomic E-state index is -0.209. The van der Waals surface area contributed by atoms with Gasteiger partial charge in [-0.15, -0.1) is 0 Å². The van der Waals surface area contributed by atoms with Crippen molar-refractivity contribution in [2.45, 2.75) is 45.9 Å². The van der Waals surface area contributed by atoms with Gasteiger partial charge < -0.3 is 9.73 Å². The van der Waals surface area contributed by atoms with Crippen LogP contribution in [0.4, 0.5) is 0 Å². The van der Waals surface area contributed by atoms with Gasteiger partial charge in [-0.1, -0.05) is 61.0 Å². The SMILES string of the molecule is CC[C@@H](C)NC(=O)c1coc(CN(Cc2ccccc2)Cc2cccc(Cl)c2)n1. The van der Waals surface area contributed by atoms with Crippen LogP contribution in [-0.4, -0.2) is 21.8 Å². The average Bonchev–Trinajstić information content (AvgIpc) is 3.17. The van der Waals surface area contributed by atoms with E-state index in [1.54, 1.807) is 0 Å². The van der Waals surface area contributed by atoms with Crippen LogP contribution in [0.5, 0.6) is 0 Å². The zero-order valence-corrected chi connectivity index (χ0v) is 17.5. The number of aromatic nitrogens is 1. The molecule has 0 saturated heterocycles. The van der Waals surface area contributed by atoms with Crippen LogP contribution >= 0.6 is 11.6 Å². The molecule has 1 atom stereocenters. The smallest absolute Gasteiger partial charge is 0.273 e. The molecule has 0 fully saturated rings. The van der Waals surface area contributed by atoms with Crippen molar-refractivity contribution < 1.29 is 9.21 Å². The third kappa shape index (κ3) is 6.44. The van der Waals surface area contributed by atoms with E-state index in [0.717, 1.165) is 18.5 Å². The predicted molar refractivity (Wildman–Crippen MR) is 115 cm³/mol. The van der Waals surface area contributed by atoms with Crippen LogP contribution < -0.4 is 5.32 Å². The van der Waals surface area contributed by atoms with Crippen LogP contribution in [0.25, 0.3) is 0 Å². The number of hydrogen-bond acceptors (Lipinski definition) is 4. The normalized spacial score (nSPS) is 12.1. The van der Waals surface area contributed by atoms with Crippen LogP contribution in [0.15, 0.2) is 65.3 Å². The summed E-state index contributed by atoms with van der Waals surface area (Å²) in [5.41, 5.74) is 2.60. The van der Waals surface area contributed by atoms with E-state index in [4.69, 9.17) is 16.0 Å². The van der Waals surface area contributed by atoms with E-state index < -0.39 is 0 Å². The van der Waals surface area contributed by atoms with Gasteiger partial charge in [0.05, 0.1) is 6.54 Å². The molecule has 1 heterocycles. The van der Waals surface area contributed by atoms with Crippen molar-refractivity contribution in [2.24, 2.45) is 0 Å². The van der Waals surface area contributed by atoms with Crippen molar-refractivity contribution in [2.75, 3.05) is 0 Å². The lowest BCUT2D eigenvalue weighted by Crippen LogP contribution is -2.32. The summed E-state index contributed by atoms with van der Waals surface area (Å²) in [7, 11) is 0. The van der Waals surface area contributed by atoms with Gasteiger partial charge in [0.1, 0.15) is 6.26 Å². The molecule has 29 heavy (non-hydrogen) atoms. The quantitative estimate of drug-likeness (QED) is 0.534. The number of nitrogens with one attached hydrogen (secondary N) is 1. The van der Waals surface area contributed by atoms with Gasteiger partial charge in [-0.2, -0.15) is 0 Å². The fraction of sp³-hybridized carbons (Fsp3) is 0.304. The summed E-state index contributed by atoms with van der Waals surface area (Å²) in [6, 6.07) is 18.1. The molecule has 0 aliphatic carbocycles. The number of halogens is 1. The van der Waals surface area contributed by atoms with Gasteiger partial charge in [0.25, 0.3) is 5.91 Å². The lowest BCUT2D eigenvalue weighted by atomic mass is 10.1. The van der Waals surface area contributed by atoms with Crippen LogP contribution in [0.1, 0.15) is 47.8 Å². The van der Waals surface area contributed by atoms with Crippen molar-refractivity contribution in [3.63, 3.8) is 0 Å². The zero-order chi connectivity index (χ0) is 20.6. The molecule has 5 nitrogen and oxygen atoms in total. The Morgan fingerprint density at radius 1 is 1.10 bits per heavy atom. The number of benzene rings is 2. The first kappa shape index (κ1) is 21.1. The van der Waals surface area contributed by atoms with E-state index in [1.165, 1.54) is 11.8 Å². The molecule has 1 N–H and O–H groups in total. The molecule has 1 aromatic heterocycles. The number of nitrogens with zero attached hydrogens (tertiary/aromatic N) is 2. The lowest BCUT2D eigenvalue weighted by molar-refractivity contribution is 0.0934. The van der Waals surface area contributed by atoms with Crippen molar-refractivity contribution in [3.8, 4) is 0 Å². The summed E-state index contributed by atoms with van der Waals surface area (Å²) in [6.45, 7) is 5.89. The van der Waals surface area contributed by atoms with Crippen molar-refractivity contribution in [1.82, 2.24) is 15.2 Å². The fourth-order valence-corrected chi connectivity index (χ4v) is 3.19. The summed E-state index contributed by atoms with van der Waals surface area (Å²) < 4.78 is 5.59. The molecule has 0 bridgehead atoms. The Morgan fingerprint density at radius 3 is 2.55 bits per heavy atom. The van der Waals surface area contributed by atoms with Crippen LogP contribution in [-0.2, 0) is 19.6 Å². The predicted octanol–water partition coefficient (Wildman–Crippen LogP) is 5.06. The van der Waals surface area contributed by atoms with Gasteiger partial charge in [-0.25, -0.2) is 4.98 Å². The number of carbonyl (C=O) groups is 1. The van der Waals surface area contributed by atoms with Crippen molar-refractivity contribution in [3.05, 3.63) is 88.6 Å². The highest BCUT2D eigenvalue weighted by Crippen LogP contribution is 2.17. The maximum atomic E-state index is 12.3. The number of rotatable bonds is 9. The molecule has 6 heteroatoms. The topological polar surface area (TPSA) is 58.4 Å². The van der Waals surface area contributed by atoms with E-state index >= 15 is 0 Å². The van der Waals surface area contributed by atoms with Crippen LogP contribution in [0.2, 0.25) is 5.02 Å². The second kappa shape index (κ2) is 10.2. The second-order valence-electron chi connectivity index (χ2n) is 7.17. The van der Waals surface area contributed by atoms with Gasteiger partial charge in [0, 0.05) is 24.2 Å². The van der Waals surface area contributed by atoms with Crippen molar-refractivity contribution >= 4 is 17.5 Å². The third-order valence-electron chi connectivity index (χ3n) is 4.68. The highest BCUT2D eigenvalue weighted by Gasteiger charge is 2.17. The highest BCUT2D eigenvalue weighted by atomic mass is 35.5. The minimum absolute atomic E-state index is 0.0973. The maximum absolute atomic E-state index is 12.3. The molecule has 2 aromatic carbocycles. The van der Waals surface area contributed by atoms with Gasteiger partial charge in [-0.05, 0) is 36.6 Å². The van der Waals surface area contributed by atoms with Crippen LogP contribution in [0, 0.1) is 0 Å². The Labute approximate surface area is 176 Å². The van der Waals surface area contributed by atoms with E-state index in [-0.39, 0.29) is 11.9 Å². The number of amides is 1. The Kier molecular flexibility index (Phi) is 7.44. The Hall–Kier alpha value is -2.63. The summed E-state index contributed by atoms with van der Waals surface area (Å²) in [5, 5.41) is 3.62. The monoisotopic (exact) mass is 411 g/mol. The molecule has 0 radical (unpaired) electrons. The Bertz CT molecular complexity index is 927. The molecule has 0 aliphatic rings. The first-order valence-electron chi connectivity index (χ1n) is 9.79. The molecule has 3 aromatic rings. The molecule has 0 spiro atoms. The number of carbonyl (C=O) groups excluding carboxylic acids is 1. The summed E-state index contributed by atoms with van der Waals surface area (Å²) in [6.07, 6.45) is 2.29. The van der Waals surface area contributed by atoms with Gasteiger partial charge in [0.2, 0.25) is 5.89 Å². The maximum Gasteiger partial charge on any atom is 0.273 e. The van der Waals surface area contributed by atoms with E-state index in [9.17, 15) is 4.79 Å². The third-order valence-corrected chi connectivity index (χ3v) is 4.91. The summed E-state index contributed by atoms with van der Waals surface area (Å²) in [5.74, 6) is 0.302. The first-order valence-corrected chi connectivity index (χ1v) is 10.2. The molecular weight excluding hydrogens is 386 g/mol. The summed E-state index contributed by atoms with van der Waals surface area (Å²) in [4.78, 5) is 18.9. The average molecular weight is 412 g/mol. The van der Waals surface area contributed by atoms with Gasteiger partial charge >= 0.3 is 0 Å². The van der Waals surface area contributed by atoms with E-state index in [1.807, 2.05) is 56.3 Å². The summed E-state index contributed by atoms with van der Waals surface area (Å²) >= 11 is 6.15. The number of hydrogen-bond donors (Lipinski definition) is 1. The highest BCUT2D eigenvalue weighted by molar-refractivity contribution is 6.30. The van der Waals surface area contributed by atoms with Gasteiger partial charge in [-0.3, -0.25) is 9.69 Å². The number of oxazole rings is 1. The molecule has 3 rings (SSSR count). The van der Waals surface area contributed by atoms with Gasteiger partial charge in [0.15, 0.2) is 5.69 Å². The Balaban J connectivity index is 1.73. The second-order valence-corrected chi connectivity index (χ2v) is 7.61. The fourth-order valence-electron chi connectivity index (χ4n) is 2.98. The molecule has 0 unspecified atom stereocenters. The molecular formula is C23H26ClN3O2. The molecule has 1 amide bonds.